The van der Waals surface area contributed by atoms with Gasteiger partial charge in [0, 0.05) is 12.6 Å². The minimum atomic E-state index is -3.36. The van der Waals surface area contributed by atoms with E-state index < -0.39 is 10.0 Å². The topological polar surface area (TPSA) is 72.2 Å². The Morgan fingerprint density at radius 2 is 1.94 bits per heavy atom. The van der Waals surface area contributed by atoms with E-state index in [0.717, 1.165) is 12.8 Å². The van der Waals surface area contributed by atoms with Gasteiger partial charge in [-0.05, 0) is 18.4 Å². The van der Waals surface area contributed by atoms with Crippen molar-refractivity contribution in [1.82, 2.24) is 5.32 Å². The third-order valence-corrected chi connectivity index (χ3v) is 3.41. The molecule has 1 aromatic rings. The van der Waals surface area contributed by atoms with Gasteiger partial charge in [-0.15, -0.1) is 0 Å². The van der Waals surface area contributed by atoms with E-state index >= 15 is 0 Å². The van der Waals surface area contributed by atoms with Crippen LogP contribution in [-0.2, 0) is 16.4 Å². The molecule has 0 saturated heterocycles. The first-order chi connectivity index (χ1) is 8.01. The molecule has 1 aromatic carbocycles. The average Bonchev–Trinajstić information content (AvgIpc) is 2.27. The lowest BCUT2D eigenvalue weighted by atomic mass is 10.0. The van der Waals surface area contributed by atoms with Crippen molar-refractivity contribution in [3.05, 3.63) is 35.9 Å². The highest BCUT2D eigenvalue weighted by atomic mass is 32.2. The van der Waals surface area contributed by atoms with Crippen molar-refractivity contribution >= 4 is 10.0 Å². The summed E-state index contributed by atoms with van der Waals surface area (Å²) in [5, 5.41) is 8.16. The zero-order valence-electron chi connectivity index (χ0n) is 10.1. The number of nitrogens with one attached hydrogen (secondary N) is 1. The fourth-order valence-electron chi connectivity index (χ4n) is 1.66. The third-order valence-electron chi connectivity index (χ3n) is 2.64. The molecular weight excluding hydrogens is 236 g/mol. The number of sulfonamides is 1. The van der Waals surface area contributed by atoms with Crippen molar-refractivity contribution in [2.24, 2.45) is 5.14 Å². The molecule has 17 heavy (non-hydrogen) atoms. The molecule has 5 heteroatoms. The van der Waals surface area contributed by atoms with Crippen molar-refractivity contribution < 1.29 is 8.42 Å². The second-order valence-corrected chi connectivity index (χ2v) is 5.85. The monoisotopic (exact) mass is 256 g/mol. The Kier molecular flexibility index (Phi) is 5.61. The second-order valence-electron chi connectivity index (χ2n) is 4.12. The maximum Gasteiger partial charge on any atom is 0.210 e. The van der Waals surface area contributed by atoms with Crippen molar-refractivity contribution in [2.75, 3.05) is 12.3 Å². The van der Waals surface area contributed by atoms with Crippen LogP contribution in [0.2, 0.25) is 0 Å². The number of nitrogens with two attached hydrogens (primary N) is 1. The molecule has 0 aromatic heterocycles. The zero-order chi connectivity index (χ0) is 12.7. The summed E-state index contributed by atoms with van der Waals surface area (Å²) in [6, 6.07) is 10.4. The van der Waals surface area contributed by atoms with E-state index in [9.17, 15) is 8.42 Å². The smallest absolute Gasteiger partial charge is 0.210 e. The Morgan fingerprint density at radius 3 is 2.47 bits per heavy atom. The molecule has 0 bridgehead atoms. The summed E-state index contributed by atoms with van der Waals surface area (Å²) < 4.78 is 21.6. The predicted octanol–water partition coefficient (Wildman–Crippen LogP) is 0.886. The minimum absolute atomic E-state index is 0.0156. The molecule has 1 atom stereocenters. The summed E-state index contributed by atoms with van der Waals surface area (Å²) in [4.78, 5) is 0. The van der Waals surface area contributed by atoms with Gasteiger partial charge in [0.25, 0.3) is 0 Å². The standard InChI is InChI=1S/C12H20N2O2S/c1-2-12(14-8-9-17(13,15)16)10-11-6-4-3-5-7-11/h3-7,12,14H,2,8-10H2,1H3,(H2,13,15,16). The lowest BCUT2D eigenvalue weighted by Crippen LogP contribution is -2.35. The molecule has 0 saturated carbocycles. The van der Waals surface area contributed by atoms with Crippen LogP contribution in [0.25, 0.3) is 0 Å². The summed E-state index contributed by atoms with van der Waals surface area (Å²) in [7, 11) is -3.36. The van der Waals surface area contributed by atoms with Gasteiger partial charge < -0.3 is 5.32 Å². The molecule has 96 valence electrons. The van der Waals surface area contributed by atoms with Crippen LogP contribution in [0.3, 0.4) is 0 Å². The highest BCUT2D eigenvalue weighted by Crippen LogP contribution is 2.05. The van der Waals surface area contributed by atoms with Gasteiger partial charge in [-0.1, -0.05) is 37.3 Å². The Morgan fingerprint density at radius 1 is 1.29 bits per heavy atom. The number of benzene rings is 1. The minimum Gasteiger partial charge on any atom is -0.313 e. The first-order valence-corrected chi connectivity index (χ1v) is 7.50. The molecule has 1 unspecified atom stereocenters. The summed E-state index contributed by atoms with van der Waals surface area (Å²) in [5.74, 6) is -0.0156. The molecule has 0 aliphatic heterocycles. The molecule has 0 spiro atoms. The van der Waals surface area contributed by atoms with Crippen LogP contribution in [-0.4, -0.2) is 26.8 Å². The Balaban J connectivity index is 2.39. The van der Waals surface area contributed by atoms with Crippen molar-refractivity contribution in [2.45, 2.75) is 25.8 Å². The first kappa shape index (κ1) is 14.2. The van der Waals surface area contributed by atoms with Crippen LogP contribution >= 0.6 is 0 Å². The fraction of sp³-hybridized carbons (Fsp3) is 0.500. The van der Waals surface area contributed by atoms with Gasteiger partial charge in [0.2, 0.25) is 10.0 Å². The van der Waals surface area contributed by atoms with E-state index in [1.165, 1.54) is 5.56 Å². The summed E-state index contributed by atoms with van der Waals surface area (Å²) in [6.07, 6.45) is 1.86. The maximum atomic E-state index is 10.8. The highest BCUT2D eigenvalue weighted by molar-refractivity contribution is 7.89. The third kappa shape index (κ3) is 6.41. The predicted molar refractivity (Wildman–Crippen MR) is 70.2 cm³/mol. The molecule has 0 aliphatic rings. The Hall–Kier alpha value is -0.910. The van der Waals surface area contributed by atoms with Gasteiger partial charge in [0.1, 0.15) is 0 Å². The summed E-state index contributed by atoms with van der Waals surface area (Å²) in [6.45, 7) is 2.49. The van der Waals surface area contributed by atoms with Crippen LogP contribution in [0.4, 0.5) is 0 Å². The lowest BCUT2D eigenvalue weighted by molar-refractivity contribution is 0.507. The molecule has 0 radical (unpaired) electrons. The summed E-state index contributed by atoms with van der Waals surface area (Å²) in [5.41, 5.74) is 1.25. The van der Waals surface area contributed by atoms with Gasteiger partial charge in [-0.2, -0.15) is 0 Å². The van der Waals surface area contributed by atoms with E-state index in [1.807, 2.05) is 18.2 Å². The quantitative estimate of drug-likeness (QED) is 0.761. The van der Waals surface area contributed by atoms with E-state index in [0.29, 0.717) is 12.6 Å². The van der Waals surface area contributed by atoms with E-state index in [1.54, 1.807) is 0 Å². The van der Waals surface area contributed by atoms with Gasteiger partial charge in [-0.25, -0.2) is 13.6 Å². The first-order valence-electron chi connectivity index (χ1n) is 5.79. The van der Waals surface area contributed by atoms with Crippen LogP contribution in [0, 0.1) is 0 Å². The SMILES string of the molecule is CCC(Cc1ccccc1)NCCS(N)(=O)=O. The molecular formula is C12H20N2O2S. The van der Waals surface area contributed by atoms with Crippen LogP contribution in [0.15, 0.2) is 30.3 Å². The summed E-state index contributed by atoms with van der Waals surface area (Å²) >= 11 is 0. The van der Waals surface area contributed by atoms with Crippen molar-refractivity contribution in [3.8, 4) is 0 Å². The fourth-order valence-corrected chi connectivity index (χ4v) is 2.07. The normalized spacial score (nSPS) is 13.5. The van der Waals surface area contributed by atoms with Gasteiger partial charge >= 0.3 is 0 Å². The molecule has 0 amide bonds. The second kappa shape index (κ2) is 6.74. The number of rotatable bonds is 7. The van der Waals surface area contributed by atoms with Crippen LogP contribution in [0.1, 0.15) is 18.9 Å². The van der Waals surface area contributed by atoms with E-state index in [-0.39, 0.29) is 5.75 Å². The van der Waals surface area contributed by atoms with Gasteiger partial charge in [-0.3, -0.25) is 0 Å². The lowest BCUT2D eigenvalue weighted by Gasteiger charge is -2.16. The number of primary sulfonamides is 1. The number of hydrogen-bond donors (Lipinski definition) is 2. The van der Waals surface area contributed by atoms with Gasteiger partial charge in [0.05, 0.1) is 5.75 Å². The highest BCUT2D eigenvalue weighted by Gasteiger charge is 2.08. The van der Waals surface area contributed by atoms with Crippen LogP contribution < -0.4 is 10.5 Å². The molecule has 1 rings (SSSR count). The molecule has 0 aliphatic carbocycles. The molecule has 3 N–H and O–H groups in total. The largest absolute Gasteiger partial charge is 0.313 e. The van der Waals surface area contributed by atoms with E-state index in [2.05, 4.69) is 24.4 Å². The Bertz CT molecular complexity index is 417. The molecule has 0 fully saturated rings. The van der Waals surface area contributed by atoms with Gasteiger partial charge in [0.15, 0.2) is 0 Å². The van der Waals surface area contributed by atoms with Crippen LogP contribution in [0.5, 0.6) is 0 Å². The number of hydrogen-bond acceptors (Lipinski definition) is 3. The Labute approximate surface area is 103 Å². The molecule has 0 heterocycles. The molecule has 4 nitrogen and oxygen atoms in total. The van der Waals surface area contributed by atoms with E-state index in [4.69, 9.17) is 5.14 Å². The van der Waals surface area contributed by atoms with Crippen molar-refractivity contribution in [1.29, 1.82) is 0 Å². The maximum absolute atomic E-state index is 10.8. The van der Waals surface area contributed by atoms with Crippen molar-refractivity contribution in [3.63, 3.8) is 0 Å². The average molecular weight is 256 g/mol. The zero-order valence-corrected chi connectivity index (χ0v) is 10.9.